The topological polar surface area (TPSA) is 0 Å². The van der Waals surface area contributed by atoms with Gasteiger partial charge in [0.25, 0.3) is 0 Å². The lowest BCUT2D eigenvalue weighted by Crippen LogP contribution is -1.96. The summed E-state index contributed by atoms with van der Waals surface area (Å²) in [6, 6.07) is 0. The molecule has 0 aliphatic heterocycles. The Balaban J connectivity index is 0. The third-order valence-electron chi connectivity index (χ3n) is 0.190. The van der Waals surface area contributed by atoms with Gasteiger partial charge in [0.2, 0.25) is 0 Å². The zero-order valence-corrected chi connectivity index (χ0v) is 5.69. The molecule has 0 saturated carbocycles. The van der Waals surface area contributed by atoms with Gasteiger partial charge in [-0.05, 0) is 0 Å². The lowest BCUT2D eigenvalue weighted by Gasteiger charge is -1.95. The quantitative estimate of drug-likeness (QED) is 0.533. The fraction of sp³-hybridized carbons (Fsp3) is 1.00. The molecule has 0 rings (SSSR count). The van der Waals surface area contributed by atoms with E-state index in [1.54, 1.807) is 0 Å². The van der Waals surface area contributed by atoms with Crippen LogP contribution in [0.15, 0.2) is 0 Å². The van der Waals surface area contributed by atoms with Crippen LogP contribution in [-0.2, 0) is 0 Å². The van der Waals surface area contributed by atoms with Crippen LogP contribution in [0.4, 0.5) is 0 Å². The smallest absolute Gasteiger partial charge is 0.102 e. The summed E-state index contributed by atoms with van der Waals surface area (Å²) in [5.41, 5.74) is 0. The van der Waals surface area contributed by atoms with Gasteiger partial charge in [-0.1, -0.05) is 0 Å². The minimum Gasteiger partial charge on any atom is -0.102 e. The number of rotatable bonds is 1. The molecular formula is C2H4Cl4. The van der Waals surface area contributed by atoms with Gasteiger partial charge < -0.3 is 0 Å². The molecule has 0 N–H and O–H groups in total. The molecule has 0 spiro atoms. The molecule has 0 nitrogen and oxygen atoms in total. The Kier molecular flexibility index (Phi) is 3.82. The molecule has 0 aromatic carbocycles. The number of alkyl halides is 4. The first-order valence-corrected chi connectivity index (χ1v) is 2.95. The van der Waals surface area contributed by atoms with Crippen molar-refractivity contribution in [1.82, 2.24) is 0 Å². The minimum absolute atomic E-state index is 0. The van der Waals surface area contributed by atoms with Crippen LogP contribution in [0.3, 0.4) is 0 Å². The highest BCUT2D eigenvalue weighted by Gasteiger charge is 2.06. The Morgan fingerprint density at radius 3 is 1.00 bits per heavy atom. The van der Waals surface area contributed by atoms with Crippen molar-refractivity contribution < 1.29 is 1.43 Å². The predicted octanol–water partition coefficient (Wildman–Crippen LogP) is 2.84. The molecule has 4 heteroatoms. The van der Waals surface area contributed by atoms with Crippen LogP contribution in [0.2, 0.25) is 0 Å². The van der Waals surface area contributed by atoms with Crippen LogP contribution in [0.5, 0.6) is 0 Å². The van der Waals surface area contributed by atoms with Gasteiger partial charge in [0, 0.05) is 1.43 Å². The zero-order chi connectivity index (χ0) is 5.15. The van der Waals surface area contributed by atoms with Crippen molar-refractivity contribution >= 4 is 46.4 Å². The van der Waals surface area contributed by atoms with Crippen LogP contribution in [0, 0.1) is 0 Å². The molecule has 0 radical (unpaired) electrons. The van der Waals surface area contributed by atoms with E-state index in [-0.39, 0.29) is 1.43 Å². The summed E-state index contributed by atoms with van der Waals surface area (Å²) in [7, 11) is 0. The molecule has 0 unspecified atom stereocenters. The monoisotopic (exact) mass is 170 g/mol. The molecule has 0 bridgehead atoms. The van der Waals surface area contributed by atoms with E-state index in [1.807, 2.05) is 0 Å². The first-order chi connectivity index (χ1) is 2.64. The molecule has 0 atom stereocenters. The van der Waals surface area contributed by atoms with E-state index in [0.29, 0.717) is 0 Å². The molecule has 0 saturated heterocycles. The van der Waals surface area contributed by atoms with Crippen molar-refractivity contribution in [1.29, 1.82) is 0 Å². The molecule has 0 aromatic heterocycles. The van der Waals surface area contributed by atoms with E-state index < -0.39 is 9.67 Å². The Morgan fingerprint density at radius 1 is 0.833 bits per heavy atom. The highest BCUT2D eigenvalue weighted by Crippen LogP contribution is 2.16. The number of hydrogen-bond acceptors (Lipinski definition) is 0. The maximum atomic E-state index is 5.11. The van der Waals surface area contributed by atoms with Gasteiger partial charge in [-0.3, -0.25) is 0 Å². The first-order valence-electron chi connectivity index (χ1n) is 1.21. The van der Waals surface area contributed by atoms with E-state index in [1.165, 1.54) is 0 Å². The Hall–Kier alpha value is 1.16. The second kappa shape index (κ2) is 3.20. The van der Waals surface area contributed by atoms with Crippen molar-refractivity contribution in [2.24, 2.45) is 0 Å². The zero-order valence-electron chi connectivity index (χ0n) is 2.67. The Labute approximate surface area is 57.8 Å². The lowest BCUT2D eigenvalue weighted by molar-refractivity contribution is 1.29. The van der Waals surface area contributed by atoms with E-state index >= 15 is 0 Å². The van der Waals surface area contributed by atoms with Crippen LogP contribution in [0.1, 0.15) is 1.43 Å². The van der Waals surface area contributed by atoms with Crippen molar-refractivity contribution in [2.75, 3.05) is 0 Å². The average Bonchev–Trinajstić information content (AvgIpc) is 1.36. The highest BCUT2D eigenvalue weighted by molar-refractivity contribution is 6.56. The van der Waals surface area contributed by atoms with Crippen molar-refractivity contribution in [3.63, 3.8) is 0 Å². The molecule has 0 aromatic rings. The fourth-order valence-electron chi connectivity index (χ4n) is 0. The predicted molar refractivity (Wildman–Crippen MR) is 33.1 cm³/mol. The summed E-state index contributed by atoms with van der Waals surface area (Å²) in [4.78, 5) is -1.35. The summed E-state index contributed by atoms with van der Waals surface area (Å²) < 4.78 is 0. The molecule has 0 aliphatic rings. The van der Waals surface area contributed by atoms with Crippen molar-refractivity contribution in [2.45, 2.75) is 9.67 Å². The third-order valence-corrected chi connectivity index (χ3v) is 1.71. The van der Waals surface area contributed by atoms with E-state index in [9.17, 15) is 0 Å². The maximum absolute atomic E-state index is 5.11. The fourth-order valence-corrected chi connectivity index (χ4v) is 0. The lowest BCUT2D eigenvalue weighted by atomic mass is 10.9. The van der Waals surface area contributed by atoms with Gasteiger partial charge in [-0.25, -0.2) is 0 Å². The molecular weight excluding hydrogens is 166 g/mol. The van der Waals surface area contributed by atoms with Gasteiger partial charge in [0.15, 0.2) is 0 Å². The molecule has 0 fully saturated rings. The van der Waals surface area contributed by atoms with Crippen molar-refractivity contribution in [3.05, 3.63) is 0 Å². The number of hydrogen-bond donors (Lipinski definition) is 0. The van der Waals surface area contributed by atoms with E-state index in [0.717, 1.165) is 0 Å². The van der Waals surface area contributed by atoms with E-state index in [4.69, 9.17) is 46.4 Å². The minimum atomic E-state index is -0.673. The molecule has 40 valence electrons. The first kappa shape index (κ1) is 7.16. The van der Waals surface area contributed by atoms with Gasteiger partial charge in [-0.2, -0.15) is 0 Å². The SMILES string of the molecule is ClC(Cl)C(Cl)Cl.[3HH]. The Morgan fingerprint density at radius 2 is 1.00 bits per heavy atom. The average molecular weight is 172 g/mol. The second-order valence-electron chi connectivity index (χ2n) is 0.669. The summed E-state index contributed by atoms with van der Waals surface area (Å²) in [5.74, 6) is 0. The second-order valence-corrected chi connectivity index (χ2v) is 3.00. The highest BCUT2D eigenvalue weighted by atomic mass is 35.5. The number of halogens is 4. The molecule has 0 amide bonds. The summed E-state index contributed by atoms with van der Waals surface area (Å²) >= 11 is 20.5. The van der Waals surface area contributed by atoms with Crippen LogP contribution in [0.25, 0.3) is 0 Å². The van der Waals surface area contributed by atoms with Gasteiger partial charge in [-0.15, -0.1) is 46.4 Å². The Bertz CT molecular complexity index is 30.7. The molecule has 0 aliphatic carbocycles. The van der Waals surface area contributed by atoms with Crippen LogP contribution < -0.4 is 0 Å². The largest absolute Gasteiger partial charge is 0.137 e. The standard InChI is InChI=1S/C2H2Cl4.H2/c3-1(4)2(5)6;/h1-2H;1H/i;1+2. The third kappa shape index (κ3) is 3.35. The summed E-state index contributed by atoms with van der Waals surface area (Å²) in [5, 5.41) is 0. The summed E-state index contributed by atoms with van der Waals surface area (Å²) in [6.45, 7) is 0. The normalized spacial score (nSPS) is 11.0. The molecule has 6 heavy (non-hydrogen) atoms. The molecule has 0 heterocycles. The van der Waals surface area contributed by atoms with Crippen molar-refractivity contribution in [3.8, 4) is 0 Å². The van der Waals surface area contributed by atoms with Gasteiger partial charge >= 0.3 is 0 Å². The van der Waals surface area contributed by atoms with E-state index in [2.05, 4.69) is 0 Å². The maximum Gasteiger partial charge on any atom is 0.137 e. The van der Waals surface area contributed by atoms with Gasteiger partial charge in [0.1, 0.15) is 9.67 Å². The van der Waals surface area contributed by atoms with Crippen LogP contribution >= 0.6 is 46.4 Å². The summed E-state index contributed by atoms with van der Waals surface area (Å²) in [6.07, 6.45) is 0. The van der Waals surface area contributed by atoms with Crippen LogP contribution in [-0.4, -0.2) is 9.67 Å². The van der Waals surface area contributed by atoms with Gasteiger partial charge in [0.05, 0.1) is 0 Å².